The standard InChI is InChI=1S/C10H12FNO.C2H6/c1-7-5-4-6-8(11)9(7)10(13)12(2)3;1-2/h4-6H,1-3H3;1-2H3. The first kappa shape index (κ1) is 13.6. The summed E-state index contributed by atoms with van der Waals surface area (Å²) in [6, 6.07) is 4.61. The second-order valence-electron chi connectivity index (χ2n) is 3.13. The van der Waals surface area contributed by atoms with Crippen LogP contribution in [0.3, 0.4) is 0 Å². The summed E-state index contributed by atoms with van der Waals surface area (Å²) in [5.41, 5.74) is 0.825. The van der Waals surface area contributed by atoms with Gasteiger partial charge in [0.15, 0.2) is 0 Å². The van der Waals surface area contributed by atoms with E-state index in [0.29, 0.717) is 5.56 Å². The summed E-state index contributed by atoms with van der Waals surface area (Å²) in [4.78, 5) is 12.8. The topological polar surface area (TPSA) is 20.3 Å². The Morgan fingerprint density at radius 1 is 1.27 bits per heavy atom. The monoisotopic (exact) mass is 211 g/mol. The maximum atomic E-state index is 13.2. The molecule has 0 spiro atoms. The van der Waals surface area contributed by atoms with Crippen molar-refractivity contribution in [3.63, 3.8) is 0 Å². The van der Waals surface area contributed by atoms with E-state index in [9.17, 15) is 9.18 Å². The van der Waals surface area contributed by atoms with Gasteiger partial charge in [0.1, 0.15) is 5.82 Å². The normalized spacial score (nSPS) is 8.93. The van der Waals surface area contributed by atoms with Gasteiger partial charge in [-0.15, -0.1) is 0 Å². The molecule has 1 amide bonds. The minimum absolute atomic E-state index is 0.160. The molecule has 0 unspecified atom stereocenters. The summed E-state index contributed by atoms with van der Waals surface area (Å²) in [6.45, 7) is 5.72. The Morgan fingerprint density at radius 3 is 2.20 bits per heavy atom. The van der Waals surface area contributed by atoms with Crippen molar-refractivity contribution in [1.29, 1.82) is 0 Å². The highest BCUT2D eigenvalue weighted by Gasteiger charge is 2.15. The molecule has 0 saturated carbocycles. The highest BCUT2D eigenvalue weighted by Crippen LogP contribution is 2.13. The first-order valence-corrected chi connectivity index (χ1v) is 5.01. The molecule has 3 heteroatoms. The Balaban J connectivity index is 0.000000921. The Labute approximate surface area is 90.7 Å². The third kappa shape index (κ3) is 3.35. The van der Waals surface area contributed by atoms with Gasteiger partial charge in [-0.3, -0.25) is 4.79 Å². The van der Waals surface area contributed by atoms with Crippen molar-refractivity contribution in [2.45, 2.75) is 20.8 Å². The molecule has 0 saturated heterocycles. The van der Waals surface area contributed by atoms with Crippen molar-refractivity contribution < 1.29 is 9.18 Å². The number of halogens is 1. The predicted molar refractivity (Wildman–Crippen MR) is 60.5 cm³/mol. The number of hydrogen-bond donors (Lipinski definition) is 0. The van der Waals surface area contributed by atoms with Crippen LogP contribution in [0, 0.1) is 12.7 Å². The van der Waals surface area contributed by atoms with Crippen LogP contribution < -0.4 is 0 Å². The fourth-order valence-electron chi connectivity index (χ4n) is 1.13. The molecule has 2 nitrogen and oxygen atoms in total. The summed E-state index contributed by atoms with van der Waals surface area (Å²) in [7, 11) is 3.21. The minimum atomic E-state index is -0.460. The largest absolute Gasteiger partial charge is 0.345 e. The summed E-state index contributed by atoms with van der Waals surface area (Å²) < 4.78 is 13.2. The van der Waals surface area contributed by atoms with E-state index in [1.807, 2.05) is 13.8 Å². The Bertz CT molecular complexity index is 314. The molecule has 0 aliphatic carbocycles. The molecule has 0 bridgehead atoms. The van der Waals surface area contributed by atoms with E-state index in [0.717, 1.165) is 0 Å². The first-order chi connectivity index (χ1) is 7.04. The van der Waals surface area contributed by atoms with Gasteiger partial charge in [-0.1, -0.05) is 26.0 Å². The van der Waals surface area contributed by atoms with Gasteiger partial charge in [0, 0.05) is 14.1 Å². The fourth-order valence-corrected chi connectivity index (χ4v) is 1.13. The number of rotatable bonds is 1. The molecular formula is C12H18FNO. The summed E-state index contributed by atoms with van der Waals surface area (Å²) in [5, 5.41) is 0. The molecule has 0 N–H and O–H groups in total. The van der Waals surface area contributed by atoms with E-state index in [-0.39, 0.29) is 11.5 Å². The second-order valence-corrected chi connectivity index (χ2v) is 3.13. The van der Waals surface area contributed by atoms with Crippen LogP contribution in [0.25, 0.3) is 0 Å². The third-order valence-electron chi connectivity index (χ3n) is 1.84. The lowest BCUT2D eigenvalue weighted by Crippen LogP contribution is -2.23. The number of nitrogens with zero attached hydrogens (tertiary/aromatic N) is 1. The number of aryl methyl sites for hydroxylation is 1. The molecule has 0 atom stereocenters. The van der Waals surface area contributed by atoms with Crippen LogP contribution in [-0.2, 0) is 0 Å². The molecule has 0 fully saturated rings. The fraction of sp³-hybridized carbons (Fsp3) is 0.417. The van der Waals surface area contributed by atoms with E-state index >= 15 is 0 Å². The van der Waals surface area contributed by atoms with Crippen LogP contribution >= 0.6 is 0 Å². The lowest BCUT2D eigenvalue weighted by atomic mass is 10.1. The average molecular weight is 211 g/mol. The maximum Gasteiger partial charge on any atom is 0.256 e. The van der Waals surface area contributed by atoms with Gasteiger partial charge in [-0.25, -0.2) is 4.39 Å². The molecular weight excluding hydrogens is 193 g/mol. The van der Waals surface area contributed by atoms with Crippen LogP contribution in [0.5, 0.6) is 0 Å². The minimum Gasteiger partial charge on any atom is -0.345 e. The van der Waals surface area contributed by atoms with Crippen LogP contribution in [0.1, 0.15) is 29.8 Å². The number of benzene rings is 1. The molecule has 1 aromatic rings. The molecule has 0 aliphatic heterocycles. The van der Waals surface area contributed by atoms with E-state index in [4.69, 9.17) is 0 Å². The first-order valence-electron chi connectivity index (χ1n) is 5.01. The summed E-state index contributed by atoms with van der Waals surface area (Å²) >= 11 is 0. The Hall–Kier alpha value is -1.38. The number of carbonyl (C=O) groups excluding carboxylic acids is 1. The van der Waals surface area contributed by atoms with Crippen LogP contribution in [-0.4, -0.2) is 24.9 Å². The van der Waals surface area contributed by atoms with Crippen molar-refractivity contribution in [2.24, 2.45) is 0 Å². The van der Waals surface area contributed by atoms with E-state index in [1.165, 1.54) is 11.0 Å². The number of amides is 1. The zero-order valence-corrected chi connectivity index (χ0v) is 9.97. The van der Waals surface area contributed by atoms with Crippen LogP contribution in [0.4, 0.5) is 4.39 Å². The third-order valence-corrected chi connectivity index (χ3v) is 1.84. The maximum absolute atomic E-state index is 13.2. The van der Waals surface area contributed by atoms with Gasteiger partial charge >= 0.3 is 0 Å². The van der Waals surface area contributed by atoms with Crippen molar-refractivity contribution >= 4 is 5.91 Å². The Morgan fingerprint density at radius 2 is 1.80 bits per heavy atom. The average Bonchev–Trinajstić information content (AvgIpc) is 2.20. The second kappa shape index (κ2) is 6.17. The highest BCUT2D eigenvalue weighted by molar-refractivity contribution is 5.95. The van der Waals surface area contributed by atoms with Gasteiger partial charge in [-0.2, -0.15) is 0 Å². The van der Waals surface area contributed by atoms with Crippen molar-refractivity contribution in [3.05, 3.63) is 35.1 Å². The molecule has 0 heterocycles. The predicted octanol–water partition coefficient (Wildman–Crippen LogP) is 2.86. The number of carbonyl (C=O) groups is 1. The van der Waals surface area contributed by atoms with E-state index < -0.39 is 5.82 Å². The quantitative estimate of drug-likeness (QED) is 0.699. The summed E-state index contributed by atoms with van der Waals surface area (Å²) in [6.07, 6.45) is 0. The van der Waals surface area contributed by atoms with Gasteiger partial charge in [0.25, 0.3) is 5.91 Å². The van der Waals surface area contributed by atoms with Crippen molar-refractivity contribution in [2.75, 3.05) is 14.1 Å². The molecule has 0 radical (unpaired) electrons. The molecule has 0 aromatic heterocycles. The van der Waals surface area contributed by atoms with Gasteiger partial charge in [0.05, 0.1) is 5.56 Å². The summed E-state index contributed by atoms with van der Waals surface area (Å²) in [5.74, 6) is -0.755. The molecule has 84 valence electrons. The van der Waals surface area contributed by atoms with E-state index in [1.54, 1.807) is 33.2 Å². The zero-order valence-electron chi connectivity index (χ0n) is 9.97. The molecule has 0 aliphatic rings. The number of hydrogen-bond acceptors (Lipinski definition) is 1. The van der Waals surface area contributed by atoms with Crippen LogP contribution in [0.15, 0.2) is 18.2 Å². The molecule has 15 heavy (non-hydrogen) atoms. The highest BCUT2D eigenvalue weighted by atomic mass is 19.1. The van der Waals surface area contributed by atoms with Gasteiger partial charge in [-0.05, 0) is 18.6 Å². The van der Waals surface area contributed by atoms with Crippen molar-refractivity contribution in [3.8, 4) is 0 Å². The van der Waals surface area contributed by atoms with Crippen molar-refractivity contribution in [1.82, 2.24) is 4.90 Å². The smallest absolute Gasteiger partial charge is 0.256 e. The molecule has 1 rings (SSSR count). The van der Waals surface area contributed by atoms with Gasteiger partial charge < -0.3 is 4.90 Å². The SMILES string of the molecule is CC.Cc1cccc(F)c1C(=O)N(C)C. The lowest BCUT2D eigenvalue weighted by molar-refractivity contribution is 0.0822. The van der Waals surface area contributed by atoms with E-state index in [2.05, 4.69) is 0 Å². The lowest BCUT2D eigenvalue weighted by Gasteiger charge is -2.12. The Kier molecular flexibility index (Phi) is 5.60. The molecule has 1 aromatic carbocycles. The van der Waals surface area contributed by atoms with Gasteiger partial charge in [0.2, 0.25) is 0 Å². The van der Waals surface area contributed by atoms with Crippen LogP contribution in [0.2, 0.25) is 0 Å². The zero-order chi connectivity index (χ0) is 12.0.